The zero-order chi connectivity index (χ0) is 44.7. The summed E-state index contributed by atoms with van der Waals surface area (Å²) in [6.07, 6.45) is 6.94. The van der Waals surface area contributed by atoms with Crippen LogP contribution in [0.4, 0.5) is 0 Å². The van der Waals surface area contributed by atoms with Crippen molar-refractivity contribution in [2.75, 3.05) is 0 Å². The van der Waals surface area contributed by atoms with Gasteiger partial charge < -0.3 is 9.13 Å². The third-order valence-corrected chi connectivity index (χ3v) is 14.5. The molecule has 1 aliphatic carbocycles. The lowest BCUT2D eigenvalue weighted by Gasteiger charge is -2.18. The van der Waals surface area contributed by atoms with Gasteiger partial charge in [-0.25, -0.2) is 0 Å². The van der Waals surface area contributed by atoms with Gasteiger partial charge in [-0.05, 0) is 139 Å². The maximum atomic E-state index is 2.52. The number of nitrogens with zero attached hydrogens (tertiary/aromatic N) is 2. The SMILES string of the molecule is C1=C(c2ccccc2)CCC=C1c1cc2ccc3ccc4c(c5cc6c7ccccc7n(-c7cccc(-c8ccccc8)c7)c6cc5n4-c4cccc(-c5ccccc5)c4)c3c2c2ccccc12. The Bertz CT molecular complexity index is 4220. The molecule has 0 saturated heterocycles. The Labute approximate surface area is 394 Å². The van der Waals surface area contributed by atoms with Gasteiger partial charge in [0.05, 0.1) is 22.1 Å². The van der Waals surface area contributed by atoms with E-state index in [1.807, 2.05) is 0 Å². The van der Waals surface area contributed by atoms with Gasteiger partial charge in [0, 0.05) is 38.3 Å². The molecule has 318 valence electrons. The summed E-state index contributed by atoms with van der Waals surface area (Å²) in [5.41, 5.74) is 17.1. The van der Waals surface area contributed by atoms with Gasteiger partial charge in [-0.3, -0.25) is 0 Å². The molecule has 13 aromatic rings. The Kier molecular flexibility index (Phi) is 8.75. The standard InChI is InChI=1S/C66H44N2/c1-4-17-43(18-5-1)47-23-14-26-50(37-47)57-40-51-34-33-46-35-36-61-66(65(46)64(51)56-31-11-10-29-54(56)57)59-41-58-55-30-12-13-32-60(55)67(52-27-15-24-48(38-52)44-19-6-2-7-20-44)62(58)42-63(59)68(61)53-28-16-25-49(39-53)45-21-8-3-9-22-45/h1-13,15-22,24-42H,14,23H2. The third-order valence-electron chi connectivity index (χ3n) is 14.5. The van der Waals surface area contributed by atoms with E-state index in [1.54, 1.807) is 0 Å². The Morgan fingerprint density at radius 3 is 1.57 bits per heavy atom. The van der Waals surface area contributed by atoms with Gasteiger partial charge >= 0.3 is 0 Å². The summed E-state index contributed by atoms with van der Waals surface area (Å²) in [4.78, 5) is 0. The van der Waals surface area contributed by atoms with Crippen molar-refractivity contribution in [3.05, 3.63) is 254 Å². The quantitative estimate of drug-likeness (QED) is 0.147. The molecule has 0 amide bonds. The molecule has 2 heterocycles. The number of aromatic nitrogens is 2. The highest BCUT2D eigenvalue weighted by Gasteiger charge is 2.23. The van der Waals surface area contributed by atoms with Gasteiger partial charge in [-0.2, -0.15) is 0 Å². The van der Waals surface area contributed by atoms with Gasteiger partial charge in [0.25, 0.3) is 0 Å². The first kappa shape index (κ1) is 38.5. The average molecular weight is 865 g/mol. The smallest absolute Gasteiger partial charge is 0.0562 e. The number of rotatable bonds is 6. The van der Waals surface area contributed by atoms with Crippen LogP contribution in [0.5, 0.6) is 0 Å². The van der Waals surface area contributed by atoms with Crippen LogP contribution in [0.25, 0.3) is 121 Å². The molecule has 0 aliphatic heterocycles. The second-order valence-electron chi connectivity index (χ2n) is 18.3. The highest BCUT2D eigenvalue weighted by atomic mass is 15.0. The Morgan fingerprint density at radius 2 is 0.868 bits per heavy atom. The van der Waals surface area contributed by atoms with E-state index in [9.17, 15) is 0 Å². The van der Waals surface area contributed by atoms with Crippen molar-refractivity contribution in [2.24, 2.45) is 0 Å². The largest absolute Gasteiger partial charge is 0.309 e. The molecule has 0 N–H and O–H groups in total. The van der Waals surface area contributed by atoms with Crippen molar-refractivity contribution in [1.29, 1.82) is 0 Å². The summed E-state index contributed by atoms with van der Waals surface area (Å²) >= 11 is 0. The molecular weight excluding hydrogens is 821 g/mol. The minimum absolute atomic E-state index is 1.02. The molecule has 0 fully saturated rings. The molecule has 0 atom stereocenters. The predicted molar refractivity (Wildman–Crippen MR) is 290 cm³/mol. The van der Waals surface area contributed by atoms with E-state index in [0.29, 0.717) is 0 Å². The topological polar surface area (TPSA) is 9.86 Å². The summed E-state index contributed by atoms with van der Waals surface area (Å²) in [7, 11) is 0. The molecule has 0 spiro atoms. The average Bonchev–Trinajstić information content (AvgIpc) is 3.92. The van der Waals surface area contributed by atoms with E-state index >= 15 is 0 Å². The molecule has 11 aromatic carbocycles. The number of benzene rings is 11. The fraction of sp³-hybridized carbons (Fsp3) is 0.0303. The zero-order valence-electron chi connectivity index (χ0n) is 37.4. The maximum absolute atomic E-state index is 2.52. The highest BCUT2D eigenvalue weighted by molar-refractivity contribution is 6.34. The van der Waals surface area contributed by atoms with Crippen LogP contribution in [0.3, 0.4) is 0 Å². The van der Waals surface area contributed by atoms with E-state index in [-0.39, 0.29) is 0 Å². The van der Waals surface area contributed by atoms with Crippen LogP contribution in [0, 0.1) is 0 Å². The summed E-state index contributed by atoms with van der Waals surface area (Å²) in [6, 6.07) is 85.3. The van der Waals surface area contributed by atoms with Crippen LogP contribution in [-0.4, -0.2) is 9.13 Å². The summed E-state index contributed by atoms with van der Waals surface area (Å²) in [5.74, 6) is 0. The van der Waals surface area contributed by atoms with E-state index < -0.39 is 0 Å². The molecule has 68 heavy (non-hydrogen) atoms. The molecule has 2 heteroatoms. The Morgan fingerprint density at radius 1 is 0.309 bits per heavy atom. The van der Waals surface area contributed by atoms with E-state index in [4.69, 9.17) is 0 Å². The summed E-state index contributed by atoms with van der Waals surface area (Å²) in [6.45, 7) is 0. The molecule has 0 saturated carbocycles. The molecule has 0 unspecified atom stereocenters. The minimum Gasteiger partial charge on any atom is -0.309 e. The number of hydrogen-bond acceptors (Lipinski definition) is 0. The number of fused-ring (bicyclic) bond motifs is 12. The van der Waals surface area contributed by atoms with Crippen molar-refractivity contribution in [3.8, 4) is 33.6 Å². The Hall–Kier alpha value is -8.72. The first-order valence-corrected chi connectivity index (χ1v) is 23.8. The molecule has 0 radical (unpaired) electrons. The highest BCUT2D eigenvalue weighted by Crippen LogP contribution is 2.47. The number of allylic oxidation sites excluding steroid dienone is 4. The van der Waals surface area contributed by atoms with E-state index in [0.717, 1.165) is 24.2 Å². The second kappa shape index (κ2) is 15.4. The van der Waals surface area contributed by atoms with Crippen LogP contribution in [-0.2, 0) is 0 Å². The van der Waals surface area contributed by atoms with Gasteiger partial charge in [0.1, 0.15) is 0 Å². The van der Waals surface area contributed by atoms with Crippen molar-refractivity contribution >= 4 is 87.1 Å². The van der Waals surface area contributed by atoms with Gasteiger partial charge in [-0.1, -0.05) is 188 Å². The van der Waals surface area contributed by atoms with Gasteiger partial charge in [-0.15, -0.1) is 0 Å². The van der Waals surface area contributed by atoms with Crippen LogP contribution < -0.4 is 0 Å². The molecule has 1 aliphatic rings. The molecular formula is C66H44N2. The van der Waals surface area contributed by atoms with Gasteiger partial charge in [0.15, 0.2) is 0 Å². The van der Waals surface area contributed by atoms with Crippen LogP contribution in [0.1, 0.15) is 24.0 Å². The minimum atomic E-state index is 1.02. The fourth-order valence-electron chi connectivity index (χ4n) is 11.5. The van der Waals surface area contributed by atoms with Crippen molar-refractivity contribution < 1.29 is 0 Å². The summed E-state index contributed by atoms with van der Waals surface area (Å²) in [5, 5.41) is 12.7. The molecule has 2 aromatic heterocycles. The number of hydrogen-bond donors (Lipinski definition) is 0. The van der Waals surface area contributed by atoms with Crippen LogP contribution >= 0.6 is 0 Å². The second-order valence-corrected chi connectivity index (χ2v) is 18.3. The van der Waals surface area contributed by atoms with Crippen molar-refractivity contribution in [2.45, 2.75) is 12.8 Å². The molecule has 2 nitrogen and oxygen atoms in total. The lowest BCUT2D eigenvalue weighted by atomic mass is 9.86. The number of para-hydroxylation sites is 1. The van der Waals surface area contributed by atoms with Crippen molar-refractivity contribution in [3.63, 3.8) is 0 Å². The van der Waals surface area contributed by atoms with E-state index in [2.05, 4.69) is 252 Å². The predicted octanol–water partition coefficient (Wildman–Crippen LogP) is 17.9. The summed E-state index contributed by atoms with van der Waals surface area (Å²) < 4.78 is 5.00. The first-order chi connectivity index (χ1) is 33.7. The van der Waals surface area contributed by atoms with Crippen molar-refractivity contribution in [1.82, 2.24) is 9.13 Å². The fourth-order valence-corrected chi connectivity index (χ4v) is 11.5. The monoisotopic (exact) mass is 864 g/mol. The van der Waals surface area contributed by atoms with Crippen LogP contribution in [0.2, 0.25) is 0 Å². The van der Waals surface area contributed by atoms with E-state index in [1.165, 1.54) is 120 Å². The zero-order valence-corrected chi connectivity index (χ0v) is 37.4. The normalized spacial score (nSPS) is 13.1. The van der Waals surface area contributed by atoms with Gasteiger partial charge in [0.2, 0.25) is 0 Å². The third kappa shape index (κ3) is 6.04. The Balaban J connectivity index is 1.09. The first-order valence-electron chi connectivity index (χ1n) is 23.8. The van der Waals surface area contributed by atoms with Crippen LogP contribution in [0.15, 0.2) is 243 Å². The lowest BCUT2D eigenvalue weighted by molar-refractivity contribution is 1.06. The lowest BCUT2D eigenvalue weighted by Crippen LogP contribution is -1.96. The maximum Gasteiger partial charge on any atom is 0.0562 e. The molecule has 14 rings (SSSR count). The molecule has 0 bridgehead atoms.